The zero-order valence-corrected chi connectivity index (χ0v) is 20.6. The lowest BCUT2D eigenvalue weighted by molar-refractivity contribution is -0.123. The Hall–Kier alpha value is -3.09. The van der Waals surface area contributed by atoms with Crippen LogP contribution in [0.3, 0.4) is 0 Å². The first-order chi connectivity index (χ1) is 15.9. The number of hydrogen-bond donors (Lipinski definition) is 0. The van der Waals surface area contributed by atoms with Crippen LogP contribution in [-0.2, 0) is 11.3 Å². The monoisotopic (exact) mass is 516 g/mol. The third kappa shape index (κ3) is 4.16. The van der Waals surface area contributed by atoms with E-state index in [1.807, 2.05) is 86.7 Å². The Labute approximate surface area is 205 Å². The molecule has 1 aliphatic rings. The van der Waals surface area contributed by atoms with Crippen molar-refractivity contribution in [2.24, 2.45) is 0 Å². The highest BCUT2D eigenvalue weighted by molar-refractivity contribution is 9.10. The van der Waals surface area contributed by atoms with Crippen molar-refractivity contribution in [3.05, 3.63) is 105 Å². The maximum Gasteiger partial charge on any atom is 0.293 e. The van der Waals surface area contributed by atoms with E-state index in [9.17, 15) is 9.59 Å². The van der Waals surface area contributed by atoms with Gasteiger partial charge in [-0.05, 0) is 90.0 Å². The molecular formula is C27H21BrN2O2S. The molecule has 0 spiro atoms. The number of fused-ring (bicyclic) bond motifs is 1. The highest BCUT2D eigenvalue weighted by Crippen LogP contribution is 2.35. The zero-order chi connectivity index (χ0) is 23.1. The Bertz CT molecular complexity index is 1440. The van der Waals surface area contributed by atoms with Crippen molar-refractivity contribution in [3.8, 4) is 5.69 Å². The largest absolute Gasteiger partial charge is 0.318 e. The molecule has 2 heterocycles. The van der Waals surface area contributed by atoms with Crippen LogP contribution in [0.15, 0.2) is 82.2 Å². The van der Waals surface area contributed by atoms with Crippen LogP contribution in [0.1, 0.15) is 22.5 Å². The number of hydrogen-bond acceptors (Lipinski definition) is 3. The van der Waals surface area contributed by atoms with Crippen LogP contribution in [-0.4, -0.2) is 20.6 Å². The lowest BCUT2D eigenvalue weighted by Gasteiger charge is -2.13. The number of carbonyl (C=O) groups excluding carboxylic acids is 2. The Morgan fingerprint density at radius 2 is 1.64 bits per heavy atom. The van der Waals surface area contributed by atoms with E-state index in [1.165, 1.54) is 4.90 Å². The molecule has 4 aromatic rings. The number of carbonyl (C=O) groups is 2. The second-order valence-corrected chi connectivity index (χ2v) is 10.00. The molecule has 2 amide bonds. The number of aryl methyl sites for hydroxylation is 1. The average Bonchev–Trinajstić information content (AvgIpc) is 3.23. The van der Waals surface area contributed by atoms with Crippen LogP contribution in [0.2, 0.25) is 0 Å². The highest BCUT2D eigenvalue weighted by Gasteiger charge is 2.35. The summed E-state index contributed by atoms with van der Waals surface area (Å²) in [5.74, 6) is -0.244. The summed E-state index contributed by atoms with van der Waals surface area (Å²) >= 11 is 4.48. The Morgan fingerprint density at radius 3 is 2.39 bits per heavy atom. The first kappa shape index (κ1) is 21.7. The van der Waals surface area contributed by atoms with Crippen molar-refractivity contribution in [2.75, 3.05) is 0 Å². The molecule has 0 aliphatic carbocycles. The van der Waals surface area contributed by atoms with Gasteiger partial charge in [-0.15, -0.1) is 0 Å². The minimum absolute atomic E-state index is 0.235. The van der Waals surface area contributed by atoms with Crippen LogP contribution in [0, 0.1) is 13.8 Å². The number of aromatic nitrogens is 1. The fourth-order valence-electron chi connectivity index (χ4n) is 4.22. The summed E-state index contributed by atoms with van der Waals surface area (Å²) in [6.45, 7) is 4.34. The van der Waals surface area contributed by atoms with Crippen LogP contribution in [0.5, 0.6) is 0 Å². The molecule has 3 aromatic carbocycles. The van der Waals surface area contributed by atoms with Gasteiger partial charge >= 0.3 is 0 Å². The van der Waals surface area contributed by atoms with Crippen molar-refractivity contribution in [1.82, 2.24) is 9.47 Å². The minimum atomic E-state index is -0.244. The number of benzene rings is 3. The normalized spacial score (nSPS) is 15.2. The van der Waals surface area contributed by atoms with Gasteiger partial charge in [0.2, 0.25) is 0 Å². The standard InChI is InChI=1S/C27H21BrN2O2S/c1-17-13-22(18(2)30(17)24-11-9-23(28)10-12-24)15-25-26(31)29(27(32)33-25)16-19-7-8-20-5-3-4-6-21(20)14-19/h3-15H,16H2,1-2H3/b25-15-. The average molecular weight is 517 g/mol. The van der Waals surface area contributed by atoms with Gasteiger partial charge in [-0.1, -0.05) is 52.3 Å². The molecule has 0 unspecified atom stereocenters. The quantitative estimate of drug-likeness (QED) is 0.268. The van der Waals surface area contributed by atoms with E-state index in [0.717, 1.165) is 55.2 Å². The van der Waals surface area contributed by atoms with Gasteiger partial charge in [0.05, 0.1) is 11.4 Å². The first-order valence-electron chi connectivity index (χ1n) is 10.6. The minimum Gasteiger partial charge on any atom is -0.318 e. The summed E-state index contributed by atoms with van der Waals surface area (Å²) in [5.41, 5.74) is 5.02. The van der Waals surface area contributed by atoms with E-state index >= 15 is 0 Å². The fourth-order valence-corrected chi connectivity index (χ4v) is 5.31. The Kier molecular flexibility index (Phi) is 5.72. The van der Waals surface area contributed by atoms with Crippen LogP contribution < -0.4 is 0 Å². The van der Waals surface area contributed by atoms with Gasteiger partial charge < -0.3 is 4.57 Å². The van der Waals surface area contributed by atoms with Crippen molar-refractivity contribution >= 4 is 55.7 Å². The summed E-state index contributed by atoms with van der Waals surface area (Å²) < 4.78 is 3.17. The predicted octanol–water partition coefficient (Wildman–Crippen LogP) is 7.25. The number of amides is 2. The van der Waals surface area contributed by atoms with Gasteiger partial charge in [-0.25, -0.2) is 0 Å². The van der Waals surface area contributed by atoms with E-state index in [4.69, 9.17) is 0 Å². The third-order valence-corrected chi connectivity index (χ3v) is 7.31. The van der Waals surface area contributed by atoms with Crippen molar-refractivity contribution in [3.63, 3.8) is 0 Å². The molecule has 0 saturated carbocycles. The van der Waals surface area contributed by atoms with Gasteiger partial charge in [0.25, 0.3) is 11.1 Å². The number of rotatable bonds is 4. The molecule has 0 atom stereocenters. The van der Waals surface area contributed by atoms with E-state index in [2.05, 4.69) is 26.6 Å². The molecule has 4 nitrogen and oxygen atoms in total. The van der Waals surface area contributed by atoms with Gasteiger partial charge in [0, 0.05) is 21.5 Å². The molecule has 0 radical (unpaired) electrons. The Balaban J connectivity index is 1.42. The van der Waals surface area contributed by atoms with E-state index < -0.39 is 0 Å². The maximum atomic E-state index is 13.1. The molecule has 1 fully saturated rings. The second kappa shape index (κ2) is 8.69. The van der Waals surface area contributed by atoms with E-state index in [1.54, 1.807) is 0 Å². The lowest BCUT2D eigenvalue weighted by atomic mass is 10.1. The molecule has 0 bridgehead atoms. The van der Waals surface area contributed by atoms with E-state index in [-0.39, 0.29) is 17.7 Å². The van der Waals surface area contributed by atoms with Gasteiger partial charge in [0.15, 0.2) is 0 Å². The summed E-state index contributed by atoms with van der Waals surface area (Å²) in [6, 6.07) is 24.3. The zero-order valence-electron chi connectivity index (χ0n) is 18.2. The highest BCUT2D eigenvalue weighted by atomic mass is 79.9. The Morgan fingerprint density at radius 1 is 0.909 bits per heavy atom. The number of nitrogens with zero attached hydrogens (tertiary/aromatic N) is 2. The van der Waals surface area contributed by atoms with Crippen molar-refractivity contribution < 1.29 is 9.59 Å². The maximum absolute atomic E-state index is 13.1. The van der Waals surface area contributed by atoms with Gasteiger partial charge in [-0.2, -0.15) is 0 Å². The molecule has 1 aliphatic heterocycles. The smallest absolute Gasteiger partial charge is 0.293 e. The molecule has 164 valence electrons. The van der Waals surface area contributed by atoms with Crippen molar-refractivity contribution in [2.45, 2.75) is 20.4 Å². The van der Waals surface area contributed by atoms with Crippen LogP contribution in [0.4, 0.5) is 4.79 Å². The number of halogens is 1. The predicted molar refractivity (Wildman–Crippen MR) is 138 cm³/mol. The second-order valence-electron chi connectivity index (χ2n) is 8.09. The van der Waals surface area contributed by atoms with Gasteiger partial charge in [0.1, 0.15) is 0 Å². The first-order valence-corrected chi connectivity index (χ1v) is 12.2. The van der Waals surface area contributed by atoms with Crippen LogP contribution >= 0.6 is 27.7 Å². The summed E-state index contributed by atoms with van der Waals surface area (Å²) in [7, 11) is 0. The number of imide groups is 1. The summed E-state index contributed by atoms with van der Waals surface area (Å²) in [5, 5.41) is 2.00. The van der Waals surface area contributed by atoms with E-state index in [0.29, 0.717) is 4.91 Å². The molecular weight excluding hydrogens is 496 g/mol. The SMILES string of the molecule is Cc1cc(/C=C2\SC(=O)N(Cc3ccc4ccccc4c3)C2=O)c(C)n1-c1ccc(Br)cc1. The lowest BCUT2D eigenvalue weighted by Crippen LogP contribution is -2.27. The van der Waals surface area contributed by atoms with Crippen molar-refractivity contribution in [1.29, 1.82) is 0 Å². The molecule has 1 saturated heterocycles. The number of thioether (sulfide) groups is 1. The summed E-state index contributed by atoms with van der Waals surface area (Å²) in [6.07, 6.45) is 1.84. The van der Waals surface area contributed by atoms with Gasteiger partial charge in [-0.3, -0.25) is 14.5 Å². The molecule has 33 heavy (non-hydrogen) atoms. The fraction of sp³-hybridized carbons (Fsp3) is 0.111. The van der Waals surface area contributed by atoms with Crippen LogP contribution in [0.25, 0.3) is 22.5 Å². The summed E-state index contributed by atoms with van der Waals surface area (Å²) in [4.78, 5) is 27.6. The molecule has 5 rings (SSSR count). The molecule has 1 aromatic heterocycles. The molecule has 6 heteroatoms. The topological polar surface area (TPSA) is 42.3 Å². The molecule has 0 N–H and O–H groups in total. The third-order valence-electron chi connectivity index (χ3n) is 5.87.